The molecular weight excluding hydrogens is 709 g/mol. The van der Waals surface area contributed by atoms with E-state index in [-0.39, 0.29) is 32.2 Å². The van der Waals surface area contributed by atoms with Gasteiger partial charge in [-0.1, -0.05) is 157 Å². The lowest BCUT2D eigenvalue weighted by atomic mass is 10.0. The summed E-state index contributed by atoms with van der Waals surface area (Å²) in [6.45, 7) is 4.49. The molecule has 2 unspecified atom stereocenters. The summed E-state index contributed by atoms with van der Waals surface area (Å²) in [4.78, 5) is 24.8. The number of nitrogens with zero attached hydrogens (tertiary/aromatic N) is 1. The van der Waals surface area contributed by atoms with Gasteiger partial charge < -0.3 is 27.9 Å². The van der Waals surface area contributed by atoms with Crippen molar-refractivity contribution < 1.29 is 37.3 Å². The van der Waals surface area contributed by atoms with Gasteiger partial charge in [0.25, 0.3) is 7.82 Å². The topological polar surface area (TPSA) is 94.1 Å². The fraction of sp³-hybridized carbons (Fsp3) is 0.674. The van der Waals surface area contributed by atoms with Gasteiger partial charge >= 0.3 is 5.97 Å². The quantitative estimate of drug-likeness (QED) is 0.0153. The van der Waals surface area contributed by atoms with E-state index < -0.39 is 13.9 Å². The summed E-state index contributed by atoms with van der Waals surface area (Å²) in [5.41, 5.74) is 0. The highest BCUT2D eigenvalue weighted by Gasteiger charge is 2.19. The molecule has 0 rings (SSSR count). The average molecular weight is 790 g/mol. The third-order valence-electron chi connectivity index (χ3n) is 8.56. The Balaban J connectivity index is 4.43. The molecule has 0 bridgehead atoms. The van der Waals surface area contributed by atoms with Gasteiger partial charge in [0.05, 0.1) is 34.0 Å². The molecule has 55 heavy (non-hydrogen) atoms. The van der Waals surface area contributed by atoms with Crippen LogP contribution in [-0.2, 0) is 27.9 Å². The first-order valence-electron chi connectivity index (χ1n) is 21.4. The van der Waals surface area contributed by atoms with Crippen molar-refractivity contribution in [2.45, 2.75) is 155 Å². The van der Waals surface area contributed by atoms with Crippen molar-refractivity contribution in [3.8, 4) is 0 Å². The van der Waals surface area contributed by atoms with E-state index in [0.717, 1.165) is 51.4 Å². The molecule has 0 aromatic carbocycles. The van der Waals surface area contributed by atoms with E-state index in [1.807, 2.05) is 39.4 Å². The number of phosphoric ester groups is 1. The number of phosphoric acid groups is 1. The minimum absolute atomic E-state index is 0.0122. The zero-order valence-electron chi connectivity index (χ0n) is 35.6. The van der Waals surface area contributed by atoms with Gasteiger partial charge in [-0.25, -0.2) is 0 Å². The first-order valence-corrected chi connectivity index (χ1v) is 22.8. The number of quaternary nitrogens is 1. The van der Waals surface area contributed by atoms with E-state index >= 15 is 0 Å². The van der Waals surface area contributed by atoms with Gasteiger partial charge in [0.1, 0.15) is 19.8 Å². The zero-order valence-corrected chi connectivity index (χ0v) is 36.5. The Bertz CT molecular complexity index is 1150. The number of carbonyl (C=O) groups excluding carboxylic acids is 1. The molecule has 9 heteroatoms. The number of carbonyl (C=O) groups is 1. The van der Waals surface area contributed by atoms with Gasteiger partial charge in [-0.3, -0.25) is 9.36 Å². The van der Waals surface area contributed by atoms with Crippen LogP contribution in [0.3, 0.4) is 0 Å². The number of likely N-dealkylation sites (N-methyl/N-ethyl adjacent to an activating group) is 1. The summed E-state index contributed by atoms with van der Waals surface area (Å²) >= 11 is 0. The molecule has 0 amide bonds. The second kappa shape index (κ2) is 38.4. The van der Waals surface area contributed by atoms with Crippen molar-refractivity contribution >= 4 is 13.8 Å². The van der Waals surface area contributed by atoms with Crippen LogP contribution in [0.5, 0.6) is 0 Å². The Morgan fingerprint density at radius 1 is 0.600 bits per heavy atom. The third-order valence-corrected chi connectivity index (χ3v) is 9.53. The molecule has 0 saturated carbocycles. The molecule has 316 valence electrons. The molecule has 0 radical (unpaired) electrons. The first kappa shape index (κ1) is 52.5. The van der Waals surface area contributed by atoms with E-state index in [1.165, 1.54) is 70.6 Å². The van der Waals surface area contributed by atoms with Gasteiger partial charge in [-0.15, -0.1) is 0 Å². The summed E-state index contributed by atoms with van der Waals surface area (Å²) in [5, 5.41) is 0. The molecule has 0 spiro atoms. The van der Waals surface area contributed by atoms with E-state index in [9.17, 15) is 14.3 Å². The molecule has 0 aliphatic rings. The molecule has 0 aliphatic carbocycles. The van der Waals surface area contributed by atoms with Gasteiger partial charge in [0.2, 0.25) is 0 Å². The van der Waals surface area contributed by atoms with E-state index in [2.05, 4.69) is 74.6 Å². The third kappa shape index (κ3) is 42.5. The van der Waals surface area contributed by atoms with Crippen LogP contribution in [0.4, 0.5) is 0 Å². The van der Waals surface area contributed by atoms with Crippen molar-refractivity contribution in [2.24, 2.45) is 0 Å². The molecular formula is C46H80NO7P. The number of esters is 1. The van der Waals surface area contributed by atoms with Crippen LogP contribution in [-0.4, -0.2) is 64.1 Å². The molecule has 0 saturated heterocycles. The zero-order chi connectivity index (χ0) is 40.6. The molecule has 0 aliphatic heterocycles. The summed E-state index contributed by atoms with van der Waals surface area (Å²) in [5.74, 6) is -0.377. The fourth-order valence-electron chi connectivity index (χ4n) is 5.20. The summed E-state index contributed by atoms with van der Waals surface area (Å²) in [7, 11) is 1.31. The number of allylic oxidation sites excluding steroid dienone is 13. The van der Waals surface area contributed by atoms with Gasteiger partial charge in [0.15, 0.2) is 6.10 Å². The highest BCUT2D eigenvalue weighted by molar-refractivity contribution is 7.45. The highest BCUT2D eigenvalue weighted by Crippen LogP contribution is 2.38. The second-order valence-electron chi connectivity index (χ2n) is 15.0. The monoisotopic (exact) mass is 790 g/mol. The molecule has 0 heterocycles. The van der Waals surface area contributed by atoms with Crippen molar-refractivity contribution in [1.29, 1.82) is 0 Å². The summed E-state index contributed by atoms with van der Waals surface area (Å²) in [6, 6.07) is 0. The number of hydrogen-bond acceptors (Lipinski definition) is 7. The van der Waals surface area contributed by atoms with Crippen LogP contribution in [0, 0.1) is 0 Å². The fourth-order valence-corrected chi connectivity index (χ4v) is 5.93. The second-order valence-corrected chi connectivity index (χ2v) is 16.4. The van der Waals surface area contributed by atoms with E-state index in [0.29, 0.717) is 17.4 Å². The Labute approximate surface area is 337 Å². The Morgan fingerprint density at radius 2 is 1.07 bits per heavy atom. The maximum absolute atomic E-state index is 12.4. The number of unbranched alkanes of at least 4 members (excludes halogenated alkanes) is 12. The predicted octanol–water partition coefficient (Wildman–Crippen LogP) is 12.2. The van der Waals surface area contributed by atoms with Crippen LogP contribution in [0.25, 0.3) is 0 Å². The smallest absolute Gasteiger partial charge is 0.306 e. The normalized spacial score (nSPS) is 14.6. The van der Waals surface area contributed by atoms with E-state index in [1.54, 1.807) is 6.26 Å². The maximum atomic E-state index is 12.4. The van der Waals surface area contributed by atoms with Crippen LogP contribution >= 0.6 is 7.82 Å². The first-order chi connectivity index (χ1) is 26.6. The lowest BCUT2D eigenvalue weighted by molar-refractivity contribution is -0.870. The SMILES string of the molecule is CC/C=C\C/C=C\C/C=C\C/C=C\C/C=C\C/C=C\CCC(=O)OCC(COP(=O)([O-])OCC[N+](C)(C)C)O/C=C\CCCCCCCCCCCCCC. The molecule has 0 aromatic heterocycles. The van der Waals surface area contributed by atoms with Crippen molar-refractivity contribution in [2.75, 3.05) is 47.5 Å². The Hall–Kier alpha value is -2.48. The predicted molar refractivity (Wildman–Crippen MR) is 231 cm³/mol. The number of ether oxygens (including phenoxy) is 2. The van der Waals surface area contributed by atoms with Gasteiger partial charge in [0, 0.05) is 6.42 Å². The lowest BCUT2D eigenvalue weighted by Crippen LogP contribution is -2.37. The molecule has 0 aromatic rings. The maximum Gasteiger partial charge on any atom is 0.306 e. The van der Waals surface area contributed by atoms with Crippen LogP contribution in [0.2, 0.25) is 0 Å². The Kier molecular flexibility index (Phi) is 36.7. The molecule has 8 nitrogen and oxygen atoms in total. The number of hydrogen-bond donors (Lipinski definition) is 0. The summed E-state index contributed by atoms with van der Waals surface area (Å²) in [6.07, 6.45) is 51.4. The van der Waals surface area contributed by atoms with Crippen molar-refractivity contribution in [3.63, 3.8) is 0 Å². The standard InChI is InChI=1S/C46H80NO7P/c1-6-8-10-12-14-16-18-20-22-23-24-25-26-27-29-31-33-35-37-39-46(48)52-43-45(44-54-55(49,50)53-42-40-47(3,4)5)51-41-38-36-34-32-30-28-21-19-17-15-13-11-9-7-2/h8,10,14,16,20,22,24-25,27,29,33,35,38,41,45H,6-7,9,11-13,15,17-19,21,23,26,28,30-32,34,36-37,39-40,42-44H2,1-5H3/b10-8-,16-14-,22-20-,25-24-,29-27-,35-33-,41-38-. The average Bonchev–Trinajstić information content (AvgIpc) is 3.14. The van der Waals surface area contributed by atoms with Crippen LogP contribution in [0.15, 0.2) is 85.3 Å². The number of rotatable bonds is 38. The lowest BCUT2D eigenvalue weighted by Gasteiger charge is -2.28. The Morgan fingerprint density at radius 3 is 1.56 bits per heavy atom. The van der Waals surface area contributed by atoms with Gasteiger partial charge in [-0.05, 0) is 63.9 Å². The molecule has 2 atom stereocenters. The van der Waals surface area contributed by atoms with E-state index in [4.69, 9.17) is 18.5 Å². The minimum atomic E-state index is -4.53. The minimum Gasteiger partial charge on any atom is -0.756 e. The van der Waals surface area contributed by atoms with Crippen LogP contribution < -0.4 is 4.89 Å². The largest absolute Gasteiger partial charge is 0.756 e. The molecule has 0 fully saturated rings. The highest BCUT2D eigenvalue weighted by atomic mass is 31.2. The van der Waals surface area contributed by atoms with Crippen molar-refractivity contribution in [3.05, 3.63) is 85.3 Å². The van der Waals surface area contributed by atoms with Crippen LogP contribution in [0.1, 0.15) is 149 Å². The van der Waals surface area contributed by atoms with Gasteiger partial charge in [-0.2, -0.15) is 0 Å². The summed E-state index contributed by atoms with van der Waals surface area (Å²) < 4.78 is 34.2. The van der Waals surface area contributed by atoms with Crippen molar-refractivity contribution in [1.82, 2.24) is 0 Å². The molecule has 0 N–H and O–H groups in total.